The molecule has 0 spiro atoms. The summed E-state index contributed by atoms with van der Waals surface area (Å²) in [5.74, 6) is -9.78. The third kappa shape index (κ3) is 28.8. The van der Waals surface area contributed by atoms with Crippen molar-refractivity contribution in [1.29, 1.82) is 0 Å². The van der Waals surface area contributed by atoms with Gasteiger partial charge >= 0.3 is 0 Å². The van der Waals surface area contributed by atoms with E-state index < -0.39 is 151 Å². The van der Waals surface area contributed by atoms with Crippen molar-refractivity contribution in [3.63, 3.8) is 0 Å². The molecule has 1 aliphatic rings. The van der Waals surface area contributed by atoms with Gasteiger partial charge in [-0.1, -0.05) is 60.3 Å². The second-order valence-corrected chi connectivity index (χ2v) is 22.4. The molecule has 1 fully saturated rings. The van der Waals surface area contributed by atoms with E-state index >= 15 is 0 Å². The zero-order valence-corrected chi connectivity index (χ0v) is 50.4. The van der Waals surface area contributed by atoms with Gasteiger partial charge in [0.1, 0.15) is 60.4 Å². The Morgan fingerprint density at radius 3 is 1.47 bits per heavy atom. The van der Waals surface area contributed by atoms with Gasteiger partial charge in [0, 0.05) is 13.0 Å². The summed E-state index contributed by atoms with van der Waals surface area (Å²) < 4.78 is 0. The van der Waals surface area contributed by atoms with Crippen LogP contribution in [0.3, 0.4) is 0 Å². The zero-order chi connectivity index (χ0) is 62.9. The van der Waals surface area contributed by atoms with Crippen LogP contribution in [0.25, 0.3) is 0 Å². The lowest BCUT2D eigenvalue weighted by molar-refractivity contribution is -0.137. The van der Waals surface area contributed by atoms with E-state index in [0.717, 1.165) is 25.7 Å². The number of aliphatic hydroxyl groups is 2. The molecular weight excluding hydrogens is 1080 g/mol. The fourth-order valence-corrected chi connectivity index (χ4v) is 8.89. The van der Waals surface area contributed by atoms with E-state index in [9.17, 15) is 63.0 Å². The van der Waals surface area contributed by atoms with Crippen molar-refractivity contribution in [2.24, 2.45) is 34.8 Å². The maximum atomic E-state index is 14.5. The normalized spacial score (nSPS) is 23.0. The van der Waals surface area contributed by atoms with E-state index in [1.807, 2.05) is 0 Å². The average Bonchev–Trinajstić information content (AvgIpc) is 3.43. The summed E-state index contributed by atoms with van der Waals surface area (Å²) in [6, 6.07) is -14.3. The molecule has 1 saturated heterocycles. The molecule has 1 aliphatic heterocycles. The van der Waals surface area contributed by atoms with Crippen molar-refractivity contribution in [3.05, 3.63) is 0 Å². The van der Waals surface area contributed by atoms with Crippen molar-refractivity contribution in [2.45, 2.75) is 211 Å². The smallest absolute Gasteiger partial charge is 0.245 e. The predicted octanol–water partition coefficient (Wildman–Crippen LogP) is -5.08. The van der Waals surface area contributed by atoms with Crippen LogP contribution >= 0.6 is 0 Å². The summed E-state index contributed by atoms with van der Waals surface area (Å²) in [6.07, 6.45) is 0.566. The first-order valence-electron chi connectivity index (χ1n) is 29.3. The lowest BCUT2D eigenvalue weighted by Gasteiger charge is -2.29. The van der Waals surface area contributed by atoms with Crippen molar-refractivity contribution < 1.29 is 63.0 Å². The third-order valence-corrected chi connectivity index (χ3v) is 13.5. The van der Waals surface area contributed by atoms with Crippen LogP contribution in [-0.2, 0) is 52.7 Å². The van der Waals surface area contributed by atoms with Crippen LogP contribution in [0.5, 0.6) is 0 Å². The molecule has 0 aromatic carbocycles. The molecule has 1 rings (SSSR count). The Kier molecular flexibility index (Phi) is 36.3. The second kappa shape index (κ2) is 40.2. The fraction of sp³-hybridized carbons (Fsp3) is 0.796. The molecule has 0 aromatic rings. The van der Waals surface area contributed by atoms with Crippen molar-refractivity contribution in [2.75, 3.05) is 53.4 Å². The highest BCUT2D eigenvalue weighted by molar-refractivity contribution is 5.99. The minimum atomic E-state index is -1.69. The van der Waals surface area contributed by atoms with Gasteiger partial charge < -0.3 is 96.5 Å². The third-order valence-electron chi connectivity index (χ3n) is 13.5. The molecule has 11 amide bonds. The first kappa shape index (κ1) is 74.9. The number of amides is 11. The highest BCUT2D eigenvalue weighted by atomic mass is 16.3. The van der Waals surface area contributed by atoms with Crippen LogP contribution in [-0.4, -0.2) is 206 Å². The number of nitrogens with one attached hydrogen (secondary N) is 11. The number of hydrogen-bond acceptors (Lipinski definition) is 18. The Hall–Kier alpha value is -6.11. The van der Waals surface area contributed by atoms with Crippen molar-refractivity contribution in [3.8, 4) is 0 Å². The summed E-state index contributed by atoms with van der Waals surface area (Å²) in [5, 5.41) is 50.0. The number of aliphatic hydroxyl groups excluding tert-OH is 2. The van der Waals surface area contributed by atoms with Crippen LogP contribution < -0.4 is 81.4 Å². The minimum absolute atomic E-state index is 0.00711. The van der Waals surface area contributed by atoms with Gasteiger partial charge in [0.25, 0.3) is 0 Å². The van der Waals surface area contributed by atoms with Crippen LogP contribution in [0.1, 0.15) is 138 Å². The summed E-state index contributed by atoms with van der Waals surface area (Å²) >= 11 is 0. The molecule has 476 valence electrons. The SMILES string of the molecule is CCCCCCCC(=O)N[C@@H](CCN)C(=O)N[C@H](C(=O)N[C@@H](CCN)C(=O)N[C@H]1CCNC(=O)[C@H]([C@@H](C)O)NC(=O)[C@H](CCN(C)C)NC(=O)[C@H](CCN)NC(=O)[C@H](CC(C)C)NC(=O)[C@@H](CC(C)C)NC(=O)[C@H](CCN)NC1=O)[C@@H](C)O. The number of carbonyl (C=O) groups is 11. The molecule has 12 atom stereocenters. The van der Waals surface area contributed by atoms with Gasteiger partial charge in [0.05, 0.1) is 12.2 Å². The maximum Gasteiger partial charge on any atom is 0.245 e. The molecule has 29 nitrogen and oxygen atoms in total. The minimum Gasteiger partial charge on any atom is -0.391 e. The monoisotopic (exact) mass is 1180 g/mol. The van der Waals surface area contributed by atoms with Gasteiger partial charge in [-0.3, -0.25) is 52.7 Å². The Labute approximate surface area is 489 Å². The van der Waals surface area contributed by atoms with Crippen LogP contribution in [0.2, 0.25) is 0 Å². The topological polar surface area (TPSA) is 468 Å². The Morgan fingerprint density at radius 2 is 1.01 bits per heavy atom. The molecule has 0 radical (unpaired) electrons. The van der Waals surface area contributed by atoms with Crippen LogP contribution in [0.4, 0.5) is 0 Å². The Bertz CT molecular complexity index is 2080. The zero-order valence-electron chi connectivity index (χ0n) is 50.4. The van der Waals surface area contributed by atoms with Gasteiger partial charge in [0.2, 0.25) is 65.0 Å². The molecule has 83 heavy (non-hydrogen) atoms. The van der Waals surface area contributed by atoms with Gasteiger partial charge in [-0.2, -0.15) is 0 Å². The van der Waals surface area contributed by atoms with Gasteiger partial charge in [0.15, 0.2) is 0 Å². The van der Waals surface area contributed by atoms with Crippen LogP contribution in [0, 0.1) is 11.8 Å². The Balaban J connectivity index is 3.87. The summed E-state index contributed by atoms with van der Waals surface area (Å²) in [7, 11) is 3.45. The molecule has 29 heteroatoms. The Morgan fingerprint density at radius 1 is 0.554 bits per heavy atom. The van der Waals surface area contributed by atoms with E-state index in [2.05, 4.69) is 65.4 Å². The van der Waals surface area contributed by atoms with E-state index in [1.165, 1.54) is 13.8 Å². The number of carbonyl (C=O) groups excluding carboxylic acids is 11. The molecular formula is C54H102N16O13. The highest BCUT2D eigenvalue weighted by Gasteiger charge is 2.38. The molecule has 1 heterocycles. The van der Waals surface area contributed by atoms with Crippen molar-refractivity contribution in [1.82, 2.24) is 63.4 Å². The molecule has 0 saturated carbocycles. The molecule has 0 aromatic heterocycles. The molecule has 21 N–H and O–H groups in total. The van der Waals surface area contributed by atoms with Crippen molar-refractivity contribution >= 4 is 65.0 Å². The lowest BCUT2D eigenvalue weighted by Crippen LogP contribution is -2.62. The van der Waals surface area contributed by atoms with Gasteiger partial charge in [-0.05, 0) is 130 Å². The number of rotatable bonds is 30. The van der Waals surface area contributed by atoms with E-state index in [4.69, 9.17) is 22.9 Å². The fourth-order valence-electron chi connectivity index (χ4n) is 8.89. The molecule has 0 bridgehead atoms. The first-order chi connectivity index (χ1) is 39.1. The molecule has 0 unspecified atom stereocenters. The quantitative estimate of drug-likeness (QED) is 0.0299. The summed E-state index contributed by atoms with van der Waals surface area (Å²) in [6.45, 7) is 11.0. The van der Waals surface area contributed by atoms with E-state index in [-0.39, 0.29) is 95.9 Å². The first-order valence-corrected chi connectivity index (χ1v) is 29.3. The standard InChI is InChI=1S/C54H102N16O13/c1-10-11-12-13-14-15-42(73)60-34(16-22-55)49(78)69-44(33(7)72)54(83)65-37(19-25-58)46(75)63-38-20-26-59-53(82)43(32(6)71)68-50(79)39(21-27-70(8)9)64-45(74)35(17-23-56)62-51(80)40(28-30(2)3)67-52(81)41(29-31(4)5)66-47(76)36(18-24-57)61-48(38)77/h30-41,43-44,71-72H,10-29,55-58H2,1-9H3,(H,59,82)(H,60,73)(H,61,77)(H,62,80)(H,63,75)(H,64,74)(H,65,83)(H,66,76)(H,67,81)(H,68,79)(H,69,78)/t32-,33-,34+,35+,36+,37+,38+,39+,40+,41-,43+,44+/m1/s1. The largest absolute Gasteiger partial charge is 0.391 e. The van der Waals surface area contributed by atoms with E-state index in [1.54, 1.807) is 46.7 Å². The number of nitrogens with zero attached hydrogens (tertiary/aromatic N) is 1. The lowest BCUT2D eigenvalue weighted by atomic mass is 9.99. The maximum absolute atomic E-state index is 14.5. The summed E-state index contributed by atoms with van der Waals surface area (Å²) in [4.78, 5) is 155. The average molecular weight is 1180 g/mol. The number of unbranched alkanes of at least 4 members (excludes halogenated alkanes) is 4. The molecule has 0 aliphatic carbocycles. The number of hydrogen-bond donors (Lipinski definition) is 17. The van der Waals surface area contributed by atoms with E-state index in [0.29, 0.717) is 6.42 Å². The summed E-state index contributed by atoms with van der Waals surface area (Å²) in [5.41, 5.74) is 23.5. The predicted molar refractivity (Wildman–Crippen MR) is 310 cm³/mol. The second-order valence-electron chi connectivity index (χ2n) is 22.4. The van der Waals surface area contributed by atoms with Crippen LogP contribution in [0.15, 0.2) is 0 Å². The highest BCUT2D eigenvalue weighted by Crippen LogP contribution is 2.13. The number of nitrogens with two attached hydrogens (primary N) is 4. The van der Waals surface area contributed by atoms with Gasteiger partial charge in [-0.15, -0.1) is 0 Å². The van der Waals surface area contributed by atoms with Gasteiger partial charge in [-0.25, -0.2) is 0 Å².